The summed E-state index contributed by atoms with van der Waals surface area (Å²) in [6.45, 7) is 0. The van der Waals surface area contributed by atoms with E-state index in [0.717, 1.165) is 6.07 Å². The van der Waals surface area contributed by atoms with Crippen molar-refractivity contribution < 1.29 is 8.78 Å². The molecule has 0 aromatic heterocycles. The van der Waals surface area contributed by atoms with Gasteiger partial charge in [-0.05, 0) is 12.1 Å². The Morgan fingerprint density at radius 3 is 2.64 bits per heavy atom. The van der Waals surface area contributed by atoms with Crippen LogP contribution >= 0.6 is 23.2 Å². The van der Waals surface area contributed by atoms with Crippen molar-refractivity contribution in [1.29, 1.82) is 0 Å². The fraction of sp³-hybridized carbons (Fsp3) is 0.125. The Balaban J connectivity index is 3.21. The molecule has 1 aromatic carbocycles. The normalized spacial score (nSPS) is 11.9. The molecule has 0 amide bonds. The molecule has 0 spiro atoms. The average Bonchev–Trinajstić information content (AvgIpc) is 2.13. The van der Waals surface area contributed by atoms with E-state index in [9.17, 15) is 8.78 Å². The van der Waals surface area contributed by atoms with Crippen molar-refractivity contribution in [2.75, 3.05) is 5.88 Å². The lowest BCUT2D eigenvalue weighted by atomic mass is 10.3. The minimum absolute atomic E-state index is 0.00719. The third-order valence-electron chi connectivity index (χ3n) is 1.37. The van der Waals surface area contributed by atoms with Crippen LogP contribution in [0.5, 0.6) is 0 Å². The number of nitrogens with two attached hydrogens (primary N) is 1. The van der Waals surface area contributed by atoms with Crippen LogP contribution in [0.3, 0.4) is 0 Å². The van der Waals surface area contributed by atoms with Gasteiger partial charge in [-0.15, -0.1) is 11.6 Å². The molecular weight excluding hydrogens is 233 g/mol. The average molecular weight is 239 g/mol. The smallest absolute Gasteiger partial charge is 0.184 e. The molecule has 1 rings (SSSR count). The third kappa shape index (κ3) is 2.56. The summed E-state index contributed by atoms with van der Waals surface area (Å²) >= 11 is 10.8. The van der Waals surface area contributed by atoms with E-state index in [2.05, 4.69) is 4.99 Å². The molecule has 0 heterocycles. The molecule has 0 atom stereocenters. The summed E-state index contributed by atoms with van der Waals surface area (Å²) in [5.41, 5.74) is 5.00. The Bertz CT molecular complexity index is 380. The zero-order chi connectivity index (χ0) is 10.7. The zero-order valence-electron chi connectivity index (χ0n) is 6.90. The topological polar surface area (TPSA) is 38.4 Å². The maximum Gasteiger partial charge on any atom is 0.184 e. The molecule has 0 unspecified atom stereocenters. The van der Waals surface area contributed by atoms with Crippen molar-refractivity contribution in [3.8, 4) is 0 Å². The fourth-order valence-corrected chi connectivity index (χ4v) is 1.07. The van der Waals surface area contributed by atoms with Crippen molar-refractivity contribution >= 4 is 34.7 Å². The highest BCUT2D eigenvalue weighted by Crippen LogP contribution is 2.25. The number of alkyl halides is 1. The van der Waals surface area contributed by atoms with Crippen molar-refractivity contribution in [3.63, 3.8) is 0 Å². The molecular formula is C8H6Cl2F2N2. The van der Waals surface area contributed by atoms with Crippen LogP contribution in [-0.4, -0.2) is 11.7 Å². The van der Waals surface area contributed by atoms with E-state index < -0.39 is 11.6 Å². The summed E-state index contributed by atoms with van der Waals surface area (Å²) in [6.07, 6.45) is 0. The van der Waals surface area contributed by atoms with Gasteiger partial charge in [0, 0.05) is 5.02 Å². The Morgan fingerprint density at radius 1 is 1.43 bits per heavy atom. The largest absolute Gasteiger partial charge is 0.386 e. The first kappa shape index (κ1) is 11.2. The minimum Gasteiger partial charge on any atom is -0.386 e. The number of nitrogens with zero attached hydrogens (tertiary/aromatic N) is 1. The number of halogens is 4. The molecule has 6 heteroatoms. The van der Waals surface area contributed by atoms with Gasteiger partial charge in [0.2, 0.25) is 0 Å². The van der Waals surface area contributed by atoms with Crippen LogP contribution in [0, 0.1) is 11.6 Å². The van der Waals surface area contributed by atoms with Gasteiger partial charge in [0.15, 0.2) is 11.6 Å². The predicted molar refractivity (Wildman–Crippen MR) is 53.4 cm³/mol. The Kier molecular flexibility index (Phi) is 3.66. The maximum absolute atomic E-state index is 13.0. The number of hydrogen-bond donors (Lipinski definition) is 1. The van der Waals surface area contributed by atoms with Crippen LogP contribution in [0.1, 0.15) is 0 Å². The van der Waals surface area contributed by atoms with Crippen LogP contribution in [0.2, 0.25) is 5.02 Å². The van der Waals surface area contributed by atoms with Gasteiger partial charge >= 0.3 is 0 Å². The molecule has 0 bridgehead atoms. The van der Waals surface area contributed by atoms with Gasteiger partial charge in [-0.1, -0.05) is 11.6 Å². The number of benzene rings is 1. The first-order valence-electron chi connectivity index (χ1n) is 3.58. The molecule has 0 aliphatic carbocycles. The summed E-state index contributed by atoms with van der Waals surface area (Å²) in [5.74, 6) is -2.23. The van der Waals surface area contributed by atoms with E-state index >= 15 is 0 Å². The molecule has 0 saturated heterocycles. The summed E-state index contributed by atoms with van der Waals surface area (Å²) < 4.78 is 25.8. The second kappa shape index (κ2) is 4.57. The van der Waals surface area contributed by atoms with Crippen molar-refractivity contribution in [1.82, 2.24) is 0 Å². The lowest BCUT2D eigenvalue weighted by molar-refractivity contribution is 0.510. The van der Waals surface area contributed by atoms with Gasteiger partial charge in [-0.2, -0.15) is 0 Å². The second-order valence-electron chi connectivity index (χ2n) is 2.46. The van der Waals surface area contributed by atoms with Crippen LogP contribution in [-0.2, 0) is 0 Å². The molecule has 2 nitrogen and oxygen atoms in total. The van der Waals surface area contributed by atoms with E-state index in [0.29, 0.717) is 0 Å². The van der Waals surface area contributed by atoms with Crippen molar-refractivity contribution in [2.45, 2.75) is 0 Å². The molecule has 0 fully saturated rings. The molecule has 2 N–H and O–H groups in total. The van der Waals surface area contributed by atoms with Crippen LogP contribution in [0.4, 0.5) is 14.5 Å². The minimum atomic E-state index is -1.09. The fourth-order valence-electron chi connectivity index (χ4n) is 0.808. The quantitative estimate of drug-likeness (QED) is 0.366. The van der Waals surface area contributed by atoms with Gasteiger partial charge in [0.1, 0.15) is 11.5 Å². The first-order chi connectivity index (χ1) is 6.54. The SMILES string of the molecule is NC(CCl)=Nc1cc(Cl)cc(F)c1F. The van der Waals surface area contributed by atoms with Gasteiger partial charge in [-0.25, -0.2) is 13.8 Å². The summed E-state index contributed by atoms with van der Waals surface area (Å²) in [4.78, 5) is 3.56. The lowest BCUT2D eigenvalue weighted by Gasteiger charge is -2.00. The van der Waals surface area contributed by atoms with Crippen LogP contribution in [0.25, 0.3) is 0 Å². The number of rotatable bonds is 2. The van der Waals surface area contributed by atoms with Gasteiger partial charge in [-0.3, -0.25) is 0 Å². The van der Waals surface area contributed by atoms with Crippen molar-refractivity contribution in [2.24, 2.45) is 10.7 Å². The molecule has 0 saturated carbocycles. The molecule has 0 aliphatic rings. The van der Waals surface area contributed by atoms with Gasteiger partial charge < -0.3 is 5.73 Å². The number of amidine groups is 1. The highest BCUT2D eigenvalue weighted by Gasteiger charge is 2.09. The second-order valence-corrected chi connectivity index (χ2v) is 3.16. The molecule has 0 radical (unpaired) electrons. The first-order valence-corrected chi connectivity index (χ1v) is 4.49. The third-order valence-corrected chi connectivity index (χ3v) is 1.87. The monoisotopic (exact) mass is 238 g/mol. The zero-order valence-corrected chi connectivity index (χ0v) is 8.41. The standard InChI is InChI=1S/C8H6Cl2F2N2/c9-3-7(13)14-6-2-4(10)1-5(11)8(6)12/h1-2H,3H2,(H2,13,14). The van der Waals surface area contributed by atoms with Crippen molar-refractivity contribution in [3.05, 3.63) is 28.8 Å². The maximum atomic E-state index is 13.0. The van der Waals surface area contributed by atoms with E-state index in [1.807, 2.05) is 0 Å². The van der Waals surface area contributed by atoms with Crippen LogP contribution < -0.4 is 5.73 Å². The number of hydrogen-bond acceptors (Lipinski definition) is 1. The van der Waals surface area contributed by atoms with Gasteiger partial charge in [0.05, 0.1) is 5.88 Å². The molecule has 76 valence electrons. The lowest BCUT2D eigenvalue weighted by Crippen LogP contribution is -2.12. The summed E-state index contributed by atoms with van der Waals surface area (Å²) in [6, 6.07) is 2.02. The summed E-state index contributed by atoms with van der Waals surface area (Å²) in [5, 5.41) is 0.0463. The van der Waals surface area contributed by atoms with E-state index in [-0.39, 0.29) is 22.4 Å². The van der Waals surface area contributed by atoms with E-state index in [1.165, 1.54) is 6.07 Å². The highest BCUT2D eigenvalue weighted by molar-refractivity contribution is 6.31. The Hall–Kier alpha value is -0.870. The molecule has 1 aromatic rings. The highest BCUT2D eigenvalue weighted by atomic mass is 35.5. The van der Waals surface area contributed by atoms with Crippen LogP contribution in [0.15, 0.2) is 17.1 Å². The molecule has 0 aliphatic heterocycles. The Morgan fingerprint density at radius 2 is 2.07 bits per heavy atom. The number of aliphatic imine (C=N–C) groups is 1. The van der Waals surface area contributed by atoms with E-state index in [1.54, 1.807) is 0 Å². The molecule has 14 heavy (non-hydrogen) atoms. The predicted octanol–water partition coefficient (Wildman–Crippen LogP) is 2.85. The van der Waals surface area contributed by atoms with E-state index in [4.69, 9.17) is 28.9 Å². The van der Waals surface area contributed by atoms with Gasteiger partial charge in [0.25, 0.3) is 0 Å². The Labute approximate surface area is 89.3 Å². The summed E-state index contributed by atoms with van der Waals surface area (Å²) in [7, 11) is 0.